The van der Waals surface area contributed by atoms with Crippen molar-refractivity contribution in [3.8, 4) is 0 Å². The largest absolute Gasteiger partial charge is 0.394 e. The number of ether oxygens (including phenoxy) is 3. The monoisotopic (exact) mass is 250 g/mol. The van der Waals surface area contributed by atoms with E-state index in [1.807, 2.05) is 13.8 Å². The maximum atomic E-state index is 9.20. The minimum atomic E-state index is -0.507. The van der Waals surface area contributed by atoms with Gasteiger partial charge >= 0.3 is 0 Å². The number of hydrogen-bond donors (Lipinski definition) is 2. The summed E-state index contributed by atoms with van der Waals surface area (Å²) in [5.74, 6) is 0. The maximum absolute atomic E-state index is 9.20. The highest BCUT2D eigenvalue weighted by Gasteiger charge is 2.18. The van der Waals surface area contributed by atoms with Crippen LogP contribution in [0.4, 0.5) is 0 Å². The van der Waals surface area contributed by atoms with E-state index in [1.165, 1.54) is 0 Å². The molecule has 104 valence electrons. The molecule has 0 rings (SSSR count). The highest BCUT2D eigenvalue weighted by molar-refractivity contribution is 4.67. The van der Waals surface area contributed by atoms with Crippen molar-refractivity contribution >= 4 is 0 Å². The fourth-order valence-electron chi connectivity index (χ4n) is 1.50. The predicted octanol–water partition coefficient (Wildman–Crippen LogP) is 0.575. The average Bonchev–Trinajstić information content (AvgIpc) is 2.24. The summed E-state index contributed by atoms with van der Waals surface area (Å²) in [6, 6.07) is 0. The molecule has 3 unspecified atom stereocenters. The van der Waals surface area contributed by atoms with E-state index in [0.29, 0.717) is 13.0 Å². The fourth-order valence-corrected chi connectivity index (χ4v) is 1.50. The lowest BCUT2D eigenvalue weighted by Gasteiger charge is -2.24. The van der Waals surface area contributed by atoms with Crippen LogP contribution in [-0.4, -0.2) is 61.6 Å². The topological polar surface area (TPSA) is 68.2 Å². The van der Waals surface area contributed by atoms with Gasteiger partial charge in [0.25, 0.3) is 0 Å². The molecule has 0 spiro atoms. The van der Waals surface area contributed by atoms with Crippen molar-refractivity contribution in [1.29, 1.82) is 0 Å². The van der Waals surface area contributed by atoms with Gasteiger partial charge in [-0.2, -0.15) is 0 Å². The Balaban J connectivity index is 4.09. The Kier molecular flexibility index (Phi) is 9.68. The standard InChI is InChI=1S/C12H26O5/c1-9(2)17-11(6-13)5-12(8-15-4)16-7-10(3)14/h9-14H,5-8H2,1-4H3. The second-order valence-corrected chi connectivity index (χ2v) is 4.48. The van der Waals surface area contributed by atoms with Crippen molar-refractivity contribution in [2.45, 2.75) is 51.6 Å². The first-order chi connectivity index (χ1) is 7.99. The Labute approximate surface area is 104 Å². The lowest BCUT2D eigenvalue weighted by molar-refractivity contribution is -0.0866. The minimum absolute atomic E-state index is 0.0452. The summed E-state index contributed by atoms with van der Waals surface area (Å²) in [4.78, 5) is 0. The van der Waals surface area contributed by atoms with Gasteiger partial charge in [-0.05, 0) is 20.8 Å². The van der Waals surface area contributed by atoms with Crippen LogP contribution in [0.5, 0.6) is 0 Å². The van der Waals surface area contributed by atoms with Crippen LogP contribution in [0.2, 0.25) is 0 Å². The van der Waals surface area contributed by atoms with Gasteiger partial charge < -0.3 is 24.4 Å². The molecule has 3 atom stereocenters. The number of aliphatic hydroxyl groups excluding tert-OH is 2. The number of methoxy groups -OCH3 is 1. The van der Waals surface area contributed by atoms with Crippen molar-refractivity contribution in [3.63, 3.8) is 0 Å². The zero-order valence-electron chi connectivity index (χ0n) is 11.3. The van der Waals surface area contributed by atoms with Gasteiger partial charge in [-0.15, -0.1) is 0 Å². The van der Waals surface area contributed by atoms with Crippen molar-refractivity contribution in [2.75, 3.05) is 26.9 Å². The highest BCUT2D eigenvalue weighted by Crippen LogP contribution is 2.09. The van der Waals surface area contributed by atoms with E-state index in [9.17, 15) is 5.11 Å². The summed E-state index contributed by atoms with van der Waals surface area (Å²) in [6.45, 7) is 6.14. The molecule has 0 amide bonds. The predicted molar refractivity (Wildman–Crippen MR) is 65.0 cm³/mol. The molecular weight excluding hydrogens is 224 g/mol. The van der Waals surface area contributed by atoms with Gasteiger partial charge in [0, 0.05) is 13.5 Å². The van der Waals surface area contributed by atoms with Crippen LogP contribution >= 0.6 is 0 Å². The first-order valence-electron chi connectivity index (χ1n) is 6.04. The van der Waals surface area contributed by atoms with Gasteiger partial charge in [-0.1, -0.05) is 0 Å². The van der Waals surface area contributed by atoms with Crippen LogP contribution in [0.3, 0.4) is 0 Å². The maximum Gasteiger partial charge on any atom is 0.0835 e. The molecule has 0 radical (unpaired) electrons. The Bertz CT molecular complexity index is 172. The summed E-state index contributed by atoms with van der Waals surface area (Å²) in [5, 5.41) is 18.4. The van der Waals surface area contributed by atoms with Gasteiger partial charge in [-0.3, -0.25) is 0 Å². The van der Waals surface area contributed by atoms with E-state index in [0.717, 1.165) is 0 Å². The highest BCUT2D eigenvalue weighted by atomic mass is 16.5. The Morgan fingerprint density at radius 1 is 1.06 bits per heavy atom. The Morgan fingerprint density at radius 2 is 1.71 bits per heavy atom. The van der Waals surface area contributed by atoms with Crippen LogP contribution in [0.15, 0.2) is 0 Å². The van der Waals surface area contributed by atoms with E-state index >= 15 is 0 Å². The van der Waals surface area contributed by atoms with Crippen molar-refractivity contribution in [2.24, 2.45) is 0 Å². The number of hydrogen-bond acceptors (Lipinski definition) is 5. The lowest BCUT2D eigenvalue weighted by Crippen LogP contribution is -2.32. The summed E-state index contributed by atoms with van der Waals surface area (Å²) >= 11 is 0. The molecule has 0 aliphatic rings. The molecule has 0 fully saturated rings. The molecule has 0 bridgehead atoms. The van der Waals surface area contributed by atoms with Crippen molar-refractivity contribution < 1.29 is 24.4 Å². The van der Waals surface area contributed by atoms with Crippen LogP contribution in [0.25, 0.3) is 0 Å². The summed E-state index contributed by atoms with van der Waals surface area (Å²) < 4.78 is 16.1. The number of aliphatic hydroxyl groups is 2. The van der Waals surface area contributed by atoms with E-state index in [4.69, 9.17) is 19.3 Å². The average molecular weight is 250 g/mol. The molecule has 0 heterocycles. The summed E-state index contributed by atoms with van der Waals surface area (Å²) in [6.07, 6.45) is -0.329. The molecule has 5 heteroatoms. The SMILES string of the molecule is COCC(CC(CO)OC(C)C)OCC(C)O. The quantitative estimate of drug-likeness (QED) is 0.593. The van der Waals surface area contributed by atoms with E-state index in [2.05, 4.69) is 0 Å². The molecule has 17 heavy (non-hydrogen) atoms. The van der Waals surface area contributed by atoms with Crippen LogP contribution < -0.4 is 0 Å². The molecule has 0 aromatic carbocycles. The van der Waals surface area contributed by atoms with Crippen LogP contribution in [0.1, 0.15) is 27.2 Å². The second-order valence-electron chi connectivity index (χ2n) is 4.48. The van der Waals surface area contributed by atoms with Gasteiger partial charge in [-0.25, -0.2) is 0 Å². The van der Waals surface area contributed by atoms with E-state index < -0.39 is 6.10 Å². The normalized spacial score (nSPS) is 17.1. The van der Waals surface area contributed by atoms with Crippen LogP contribution in [0, 0.1) is 0 Å². The van der Waals surface area contributed by atoms with E-state index in [-0.39, 0.29) is 31.5 Å². The van der Waals surface area contributed by atoms with Gasteiger partial charge in [0.2, 0.25) is 0 Å². The van der Waals surface area contributed by atoms with Gasteiger partial charge in [0.05, 0.1) is 44.2 Å². The number of rotatable bonds is 10. The third-order valence-electron chi connectivity index (χ3n) is 2.12. The molecule has 0 saturated heterocycles. The first kappa shape index (κ1) is 16.8. The van der Waals surface area contributed by atoms with Crippen molar-refractivity contribution in [3.05, 3.63) is 0 Å². The van der Waals surface area contributed by atoms with Gasteiger partial charge in [0.15, 0.2) is 0 Å². The summed E-state index contributed by atoms with van der Waals surface area (Å²) in [5.41, 5.74) is 0. The first-order valence-corrected chi connectivity index (χ1v) is 6.04. The fraction of sp³-hybridized carbons (Fsp3) is 1.00. The zero-order valence-corrected chi connectivity index (χ0v) is 11.3. The minimum Gasteiger partial charge on any atom is -0.394 e. The third-order valence-corrected chi connectivity index (χ3v) is 2.12. The zero-order chi connectivity index (χ0) is 13.3. The second kappa shape index (κ2) is 9.79. The van der Waals surface area contributed by atoms with Crippen LogP contribution in [-0.2, 0) is 14.2 Å². The Morgan fingerprint density at radius 3 is 2.12 bits per heavy atom. The molecule has 0 aliphatic heterocycles. The third kappa shape index (κ3) is 9.50. The molecular formula is C12H26O5. The Hall–Kier alpha value is -0.200. The van der Waals surface area contributed by atoms with Crippen molar-refractivity contribution in [1.82, 2.24) is 0 Å². The summed E-state index contributed by atoms with van der Waals surface area (Å²) in [7, 11) is 1.59. The molecule has 5 nitrogen and oxygen atoms in total. The van der Waals surface area contributed by atoms with Gasteiger partial charge in [0.1, 0.15) is 0 Å². The van der Waals surface area contributed by atoms with E-state index in [1.54, 1.807) is 14.0 Å². The smallest absolute Gasteiger partial charge is 0.0835 e. The lowest BCUT2D eigenvalue weighted by atomic mass is 10.1. The molecule has 2 N–H and O–H groups in total. The molecule has 0 aromatic heterocycles. The molecule has 0 aliphatic carbocycles. The molecule has 0 aromatic rings. The molecule has 0 saturated carbocycles.